The summed E-state index contributed by atoms with van der Waals surface area (Å²) in [6.45, 7) is 13.7. The SMILES string of the molecule is C.COc1ccc(C2(c3ccc(Oc4ccc(-c5ccc(C)cc5)cc4)cc3)c3ccccc3-c3ccccc32)cc1.COc1ccc(C2(c3ccc(Oc4ccc(-c5ccc(COc6ccc(C7(c8ccc(Oc9ccc(-c%10ccc(C)cc%10)cc9C(O)CC(C)CC(C)(C)C)cc8)c8ccccc8-c8ccccc87)cc6)cc5)cc4)cc3)c3ccccc3-c3ccccc32)cc1. The van der Waals surface area contributed by atoms with Gasteiger partial charge in [-0.15, -0.1) is 0 Å². The molecule has 18 aromatic rings. The molecule has 0 fully saturated rings. The Balaban J connectivity index is 0.000000226. The summed E-state index contributed by atoms with van der Waals surface area (Å²) in [5.74, 6) is 7.31. The smallest absolute Gasteiger partial charge is 0.133 e. The van der Waals surface area contributed by atoms with Crippen LogP contribution >= 0.6 is 0 Å². The fourth-order valence-corrected chi connectivity index (χ4v) is 20.9. The molecule has 3 aliphatic rings. The summed E-state index contributed by atoms with van der Waals surface area (Å²) in [5.41, 5.74) is 31.7. The maximum atomic E-state index is 12.0. The minimum atomic E-state index is -0.697. The van der Waals surface area contributed by atoms with Gasteiger partial charge < -0.3 is 33.5 Å². The van der Waals surface area contributed by atoms with Crippen LogP contribution in [0.4, 0.5) is 0 Å². The molecule has 0 radical (unpaired) electrons. The minimum absolute atomic E-state index is 0. The van der Waals surface area contributed by atoms with Crippen molar-refractivity contribution >= 4 is 0 Å². The largest absolute Gasteiger partial charge is 0.497 e. The Labute approximate surface area is 782 Å². The predicted molar refractivity (Wildman–Crippen MR) is 544 cm³/mol. The third-order valence-corrected chi connectivity index (χ3v) is 26.9. The molecule has 0 bridgehead atoms. The van der Waals surface area contributed by atoms with Crippen molar-refractivity contribution in [3.05, 3.63) is 520 Å². The highest BCUT2D eigenvalue weighted by molar-refractivity contribution is 5.90. The molecule has 7 heteroatoms. The van der Waals surface area contributed by atoms with Crippen LogP contribution in [0.3, 0.4) is 0 Å². The zero-order valence-corrected chi connectivity index (χ0v) is 75.7. The number of aryl methyl sites for hydroxylation is 2. The van der Waals surface area contributed by atoms with Crippen molar-refractivity contribution in [3.8, 4) is 119 Å². The maximum Gasteiger partial charge on any atom is 0.133 e. The molecule has 2 atom stereocenters. The first-order valence-corrected chi connectivity index (χ1v) is 45.7. The van der Waals surface area contributed by atoms with E-state index in [-0.39, 0.29) is 12.8 Å². The fourth-order valence-electron chi connectivity index (χ4n) is 20.9. The van der Waals surface area contributed by atoms with Gasteiger partial charge in [-0.05, 0) is 286 Å². The van der Waals surface area contributed by atoms with Crippen LogP contribution in [0.1, 0.15) is 143 Å². The summed E-state index contributed by atoms with van der Waals surface area (Å²) in [5, 5.41) is 12.0. The van der Waals surface area contributed by atoms with Crippen LogP contribution in [0, 0.1) is 25.2 Å². The Morgan fingerprint density at radius 2 is 0.526 bits per heavy atom. The molecule has 18 aromatic carbocycles. The van der Waals surface area contributed by atoms with E-state index >= 15 is 0 Å². The van der Waals surface area contributed by atoms with E-state index in [2.05, 4.69) is 442 Å². The van der Waals surface area contributed by atoms with Crippen molar-refractivity contribution in [2.45, 2.75) is 90.8 Å². The van der Waals surface area contributed by atoms with E-state index in [1.165, 1.54) is 111 Å². The second-order valence-corrected chi connectivity index (χ2v) is 36.5. The summed E-state index contributed by atoms with van der Waals surface area (Å²) in [7, 11) is 3.42. The van der Waals surface area contributed by atoms with Gasteiger partial charge in [-0.3, -0.25) is 0 Å². The molecular weight excluding hydrogens is 1630 g/mol. The highest BCUT2D eigenvalue weighted by atomic mass is 16.5. The van der Waals surface area contributed by atoms with Crippen molar-refractivity contribution in [3.63, 3.8) is 0 Å². The zero-order valence-electron chi connectivity index (χ0n) is 75.7. The van der Waals surface area contributed by atoms with Crippen LogP contribution in [0.25, 0.3) is 66.8 Å². The Morgan fingerprint density at radius 3 is 0.827 bits per heavy atom. The first kappa shape index (κ1) is 87.1. The minimum Gasteiger partial charge on any atom is -0.497 e. The third kappa shape index (κ3) is 16.7. The Hall–Kier alpha value is -15.3. The van der Waals surface area contributed by atoms with Gasteiger partial charge in [0.1, 0.15) is 58.4 Å². The number of benzene rings is 18. The summed E-state index contributed by atoms with van der Waals surface area (Å²) in [4.78, 5) is 0. The number of aliphatic hydroxyl groups is 1. The van der Waals surface area contributed by atoms with E-state index in [9.17, 15) is 5.11 Å². The van der Waals surface area contributed by atoms with Gasteiger partial charge in [-0.2, -0.15) is 0 Å². The van der Waals surface area contributed by atoms with E-state index < -0.39 is 22.3 Å². The van der Waals surface area contributed by atoms with Gasteiger partial charge in [-0.1, -0.05) is 368 Å². The second-order valence-electron chi connectivity index (χ2n) is 36.5. The molecule has 0 saturated carbocycles. The van der Waals surface area contributed by atoms with Gasteiger partial charge in [0.25, 0.3) is 0 Å². The molecule has 0 saturated heterocycles. The number of fused-ring (bicyclic) bond motifs is 9. The standard InChI is InChI=1S/C86H74O5.C39H30O2.CH4/c1-57-23-27-62(28-24-57)63-33-52-83(77(54-63)82(87)53-58(2)55-84(3,4)5)91-72-50-40-67(41-51-72)86(80-21-13-9-17-75(80)76-18-10-14-22-81(76)86)65-36-46-69(47-37-65)89-56-59-25-29-60(30-26-59)61-31-42-70(43-32-61)90-71-48-38-66(39-49-71)85(64-34-44-68(88-6)45-35-64)78-19-11-7-15-73(78)74-16-8-12-20-79(74)85;1-27-11-13-28(14-12-27)29-15-21-33(22-16-29)41-34-25-19-31(20-26-34)39(30-17-23-32(40-2)24-18-30)37-9-5-3-7-35(37)36-8-4-6-10-38(36)39;/h7-52,54,58,82,87H,53,55-56H2,1-6H3;3-26H,1-2H3;1H4. The third-order valence-electron chi connectivity index (χ3n) is 26.9. The lowest BCUT2D eigenvalue weighted by atomic mass is 9.68. The topological polar surface area (TPSA) is 75.6 Å². The van der Waals surface area contributed by atoms with E-state index in [0.717, 1.165) is 91.2 Å². The molecule has 3 aliphatic carbocycles. The number of methoxy groups -OCH3 is 2. The molecule has 1 N–H and O–H groups in total. The van der Waals surface area contributed by atoms with Crippen molar-refractivity contribution < 1.29 is 33.5 Å². The first-order valence-electron chi connectivity index (χ1n) is 45.7. The first-order chi connectivity index (χ1) is 64.5. The molecule has 133 heavy (non-hydrogen) atoms. The predicted octanol–water partition coefficient (Wildman–Crippen LogP) is 32.2. The zero-order chi connectivity index (χ0) is 90.1. The highest BCUT2D eigenvalue weighted by Crippen LogP contribution is 2.60. The average Bonchev–Trinajstić information content (AvgIpc) is 1.55. The second kappa shape index (κ2) is 36.9. The number of ether oxygens (including phenoxy) is 6. The molecule has 0 amide bonds. The molecule has 654 valence electrons. The molecule has 0 spiro atoms. The highest BCUT2D eigenvalue weighted by Gasteiger charge is 2.49. The van der Waals surface area contributed by atoms with Crippen molar-refractivity contribution in [2.24, 2.45) is 11.3 Å². The molecule has 21 rings (SSSR count). The summed E-state index contributed by atoms with van der Waals surface area (Å²) < 4.78 is 37.2. The van der Waals surface area contributed by atoms with Crippen LogP contribution in [0.2, 0.25) is 0 Å². The van der Waals surface area contributed by atoms with Crippen molar-refractivity contribution in [1.82, 2.24) is 0 Å². The molecule has 7 nitrogen and oxygen atoms in total. The van der Waals surface area contributed by atoms with Crippen LogP contribution in [-0.4, -0.2) is 19.3 Å². The van der Waals surface area contributed by atoms with Crippen LogP contribution in [0.15, 0.2) is 431 Å². The van der Waals surface area contributed by atoms with Gasteiger partial charge in [0, 0.05) is 5.56 Å². The van der Waals surface area contributed by atoms with E-state index in [1.807, 2.05) is 30.3 Å². The van der Waals surface area contributed by atoms with Crippen LogP contribution in [0.5, 0.6) is 51.7 Å². The van der Waals surface area contributed by atoms with E-state index in [4.69, 9.17) is 28.4 Å². The fraction of sp³-hybridized carbons (Fsp3) is 0.143. The van der Waals surface area contributed by atoms with Gasteiger partial charge >= 0.3 is 0 Å². The lowest BCUT2D eigenvalue weighted by Gasteiger charge is -2.34. The molecular formula is C126H108O7. The Kier molecular flexibility index (Phi) is 24.2. The monoisotopic (exact) mass is 1730 g/mol. The summed E-state index contributed by atoms with van der Waals surface area (Å²) in [6.07, 6.45) is 0.947. The number of hydrogen-bond donors (Lipinski definition) is 1. The van der Waals surface area contributed by atoms with E-state index in [0.29, 0.717) is 30.4 Å². The Morgan fingerprint density at radius 1 is 0.278 bits per heavy atom. The lowest BCUT2D eigenvalue weighted by Crippen LogP contribution is -2.28. The summed E-state index contributed by atoms with van der Waals surface area (Å²) in [6, 6.07) is 153. The summed E-state index contributed by atoms with van der Waals surface area (Å²) >= 11 is 0. The average molecular weight is 1730 g/mol. The van der Waals surface area contributed by atoms with Crippen molar-refractivity contribution in [1.29, 1.82) is 0 Å². The van der Waals surface area contributed by atoms with Crippen molar-refractivity contribution in [2.75, 3.05) is 14.2 Å². The number of hydrogen-bond acceptors (Lipinski definition) is 7. The quantitative estimate of drug-likeness (QED) is 0.0646. The maximum absolute atomic E-state index is 12.0. The Bertz CT molecular complexity index is 7000. The van der Waals surface area contributed by atoms with Gasteiger partial charge in [0.15, 0.2) is 0 Å². The molecule has 0 aliphatic heterocycles. The van der Waals surface area contributed by atoms with Crippen LogP contribution in [-0.2, 0) is 22.9 Å². The normalized spacial score (nSPS) is 13.5. The molecule has 0 heterocycles. The van der Waals surface area contributed by atoms with Gasteiger partial charge in [-0.25, -0.2) is 0 Å². The molecule has 2 unspecified atom stereocenters. The lowest BCUT2D eigenvalue weighted by molar-refractivity contribution is 0.132. The van der Waals surface area contributed by atoms with Gasteiger partial charge in [0.2, 0.25) is 0 Å². The number of aliphatic hydroxyl groups excluding tert-OH is 1. The van der Waals surface area contributed by atoms with Gasteiger partial charge in [0.05, 0.1) is 36.6 Å². The number of rotatable bonds is 24. The van der Waals surface area contributed by atoms with Crippen LogP contribution < -0.4 is 28.4 Å². The molecule has 0 aromatic heterocycles. The van der Waals surface area contributed by atoms with E-state index in [1.54, 1.807) is 14.2 Å².